The van der Waals surface area contributed by atoms with Gasteiger partial charge in [0.25, 0.3) is 0 Å². The first-order chi connectivity index (χ1) is 8.29. The Kier molecular flexibility index (Phi) is 3.60. The molecule has 0 radical (unpaired) electrons. The van der Waals surface area contributed by atoms with Gasteiger partial charge in [-0.05, 0) is 36.4 Å². The number of carbonyl (C=O) groups excluding carboxylic acids is 1. The van der Waals surface area contributed by atoms with Crippen LogP contribution >= 0.6 is 0 Å². The van der Waals surface area contributed by atoms with Crippen LogP contribution in [-0.4, -0.2) is 5.78 Å². The summed E-state index contributed by atoms with van der Waals surface area (Å²) < 4.78 is 5.22. The molecule has 0 bridgehead atoms. The molecule has 0 aliphatic carbocycles. The summed E-state index contributed by atoms with van der Waals surface area (Å²) in [5.74, 6) is 1.06. The van der Waals surface area contributed by atoms with Gasteiger partial charge in [-0.2, -0.15) is 0 Å². The summed E-state index contributed by atoms with van der Waals surface area (Å²) in [6.07, 6.45) is 2.19. The molecule has 0 amide bonds. The second-order valence-corrected chi connectivity index (χ2v) is 3.79. The smallest absolute Gasteiger partial charge is 0.162 e. The average Bonchev–Trinajstić information content (AvgIpc) is 2.89. The van der Waals surface area contributed by atoms with Gasteiger partial charge >= 0.3 is 0 Å². The minimum atomic E-state index is 0.169. The van der Waals surface area contributed by atoms with Gasteiger partial charge < -0.3 is 9.73 Å². The molecule has 0 fully saturated rings. The van der Waals surface area contributed by atoms with Gasteiger partial charge in [-0.1, -0.05) is 6.92 Å². The SMILES string of the molecule is CCC(=O)c1ccc(NCc2ccco2)cc1. The minimum Gasteiger partial charge on any atom is -0.467 e. The molecular weight excluding hydrogens is 214 g/mol. The number of carbonyl (C=O) groups is 1. The number of hydrogen-bond acceptors (Lipinski definition) is 3. The van der Waals surface area contributed by atoms with E-state index in [1.165, 1.54) is 0 Å². The number of anilines is 1. The zero-order chi connectivity index (χ0) is 12.1. The van der Waals surface area contributed by atoms with E-state index in [0.29, 0.717) is 13.0 Å². The molecule has 17 heavy (non-hydrogen) atoms. The van der Waals surface area contributed by atoms with Crippen LogP contribution in [0.2, 0.25) is 0 Å². The maximum atomic E-state index is 11.4. The Morgan fingerprint density at radius 2 is 2.00 bits per heavy atom. The summed E-state index contributed by atoms with van der Waals surface area (Å²) in [6.45, 7) is 2.51. The molecule has 3 nitrogen and oxygen atoms in total. The molecule has 88 valence electrons. The van der Waals surface area contributed by atoms with Crippen LogP contribution < -0.4 is 5.32 Å². The Balaban J connectivity index is 1.96. The first kappa shape index (κ1) is 11.5. The van der Waals surface area contributed by atoms with Gasteiger partial charge in [-0.15, -0.1) is 0 Å². The molecule has 2 rings (SSSR count). The quantitative estimate of drug-likeness (QED) is 0.798. The molecule has 1 heterocycles. The maximum absolute atomic E-state index is 11.4. The monoisotopic (exact) mass is 229 g/mol. The van der Waals surface area contributed by atoms with Crippen molar-refractivity contribution in [2.45, 2.75) is 19.9 Å². The number of benzene rings is 1. The van der Waals surface area contributed by atoms with E-state index in [9.17, 15) is 4.79 Å². The molecule has 0 aliphatic rings. The summed E-state index contributed by atoms with van der Waals surface area (Å²) in [6, 6.07) is 11.3. The second kappa shape index (κ2) is 5.34. The number of nitrogens with one attached hydrogen (secondary N) is 1. The van der Waals surface area contributed by atoms with Crippen LogP contribution in [0.25, 0.3) is 0 Å². The number of Topliss-reactive ketones (excluding diaryl/α,β-unsaturated/α-hetero) is 1. The van der Waals surface area contributed by atoms with Gasteiger partial charge in [0.1, 0.15) is 5.76 Å². The number of hydrogen-bond donors (Lipinski definition) is 1. The lowest BCUT2D eigenvalue weighted by Crippen LogP contribution is -2.00. The predicted octanol–water partition coefficient (Wildman–Crippen LogP) is 3.48. The summed E-state index contributed by atoms with van der Waals surface area (Å²) >= 11 is 0. The largest absolute Gasteiger partial charge is 0.467 e. The molecule has 0 saturated heterocycles. The summed E-state index contributed by atoms with van der Waals surface area (Å²) in [5.41, 5.74) is 1.74. The van der Waals surface area contributed by atoms with Gasteiger partial charge in [0.2, 0.25) is 0 Å². The van der Waals surface area contributed by atoms with E-state index < -0.39 is 0 Å². The van der Waals surface area contributed by atoms with Crippen molar-refractivity contribution in [3.05, 3.63) is 54.0 Å². The summed E-state index contributed by atoms with van der Waals surface area (Å²) in [4.78, 5) is 11.4. The van der Waals surface area contributed by atoms with Crippen LogP contribution in [0.15, 0.2) is 47.1 Å². The highest BCUT2D eigenvalue weighted by Gasteiger charge is 2.02. The molecule has 0 atom stereocenters. The van der Waals surface area contributed by atoms with Crippen molar-refractivity contribution in [2.75, 3.05) is 5.32 Å². The predicted molar refractivity (Wildman–Crippen MR) is 67.1 cm³/mol. The zero-order valence-electron chi connectivity index (χ0n) is 9.77. The van der Waals surface area contributed by atoms with Crippen molar-refractivity contribution in [1.82, 2.24) is 0 Å². The van der Waals surface area contributed by atoms with E-state index in [2.05, 4.69) is 5.32 Å². The molecule has 0 spiro atoms. The van der Waals surface area contributed by atoms with Crippen molar-refractivity contribution in [3.63, 3.8) is 0 Å². The molecule has 1 N–H and O–H groups in total. The van der Waals surface area contributed by atoms with Gasteiger partial charge in [0.15, 0.2) is 5.78 Å². The topological polar surface area (TPSA) is 42.2 Å². The fourth-order valence-electron chi connectivity index (χ4n) is 1.58. The number of ketones is 1. The van der Waals surface area contributed by atoms with E-state index in [0.717, 1.165) is 17.0 Å². The molecule has 2 aromatic rings. The van der Waals surface area contributed by atoms with Crippen LogP contribution in [0.5, 0.6) is 0 Å². The van der Waals surface area contributed by atoms with Crippen molar-refractivity contribution in [1.29, 1.82) is 0 Å². The third kappa shape index (κ3) is 2.97. The highest BCUT2D eigenvalue weighted by Crippen LogP contribution is 2.12. The lowest BCUT2D eigenvalue weighted by atomic mass is 10.1. The van der Waals surface area contributed by atoms with E-state index in [-0.39, 0.29) is 5.78 Å². The molecule has 0 unspecified atom stereocenters. The normalized spacial score (nSPS) is 10.2. The molecular formula is C14H15NO2. The highest BCUT2D eigenvalue weighted by molar-refractivity contribution is 5.96. The first-order valence-electron chi connectivity index (χ1n) is 5.69. The van der Waals surface area contributed by atoms with Crippen LogP contribution in [-0.2, 0) is 6.54 Å². The minimum absolute atomic E-state index is 0.169. The average molecular weight is 229 g/mol. The molecule has 0 aliphatic heterocycles. The Labute approximate surface area is 100 Å². The Hall–Kier alpha value is -2.03. The third-order valence-electron chi connectivity index (χ3n) is 2.57. The first-order valence-corrected chi connectivity index (χ1v) is 5.69. The standard InChI is InChI=1S/C14H15NO2/c1-2-14(16)11-5-7-12(8-6-11)15-10-13-4-3-9-17-13/h3-9,15H,2,10H2,1H3. The van der Waals surface area contributed by atoms with Crippen molar-refractivity contribution < 1.29 is 9.21 Å². The number of rotatable bonds is 5. The van der Waals surface area contributed by atoms with Crippen LogP contribution in [0.4, 0.5) is 5.69 Å². The Bertz CT molecular complexity index is 471. The lowest BCUT2D eigenvalue weighted by Gasteiger charge is -2.05. The highest BCUT2D eigenvalue weighted by atomic mass is 16.3. The van der Waals surface area contributed by atoms with Gasteiger partial charge in [0.05, 0.1) is 12.8 Å². The van der Waals surface area contributed by atoms with Gasteiger partial charge in [-0.25, -0.2) is 0 Å². The number of furan rings is 1. The van der Waals surface area contributed by atoms with Crippen molar-refractivity contribution >= 4 is 11.5 Å². The fraction of sp³-hybridized carbons (Fsp3) is 0.214. The molecule has 1 aromatic heterocycles. The van der Waals surface area contributed by atoms with Crippen LogP contribution in [0, 0.1) is 0 Å². The van der Waals surface area contributed by atoms with Gasteiger partial charge in [-0.3, -0.25) is 4.79 Å². The van der Waals surface area contributed by atoms with Crippen molar-refractivity contribution in [3.8, 4) is 0 Å². The fourth-order valence-corrected chi connectivity index (χ4v) is 1.58. The Morgan fingerprint density at radius 1 is 1.24 bits per heavy atom. The zero-order valence-corrected chi connectivity index (χ0v) is 9.77. The lowest BCUT2D eigenvalue weighted by molar-refractivity contribution is 0.0988. The Morgan fingerprint density at radius 3 is 2.59 bits per heavy atom. The summed E-state index contributed by atoms with van der Waals surface area (Å²) in [5, 5.41) is 3.23. The van der Waals surface area contributed by atoms with Crippen LogP contribution in [0.3, 0.4) is 0 Å². The molecule has 3 heteroatoms. The van der Waals surface area contributed by atoms with E-state index in [1.54, 1.807) is 6.26 Å². The maximum Gasteiger partial charge on any atom is 0.162 e. The second-order valence-electron chi connectivity index (χ2n) is 3.79. The summed E-state index contributed by atoms with van der Waals surface area (Å²) in [7, 11) is 0. The van der Waals surface area contributed by atoms with E-state index in [1.807, 2.05) is 43.3 Å². The third-order valence-corrected chi connectivity index (χ3v) is 2.57. The van der Waals surface area contributed by atoms with Gasteiger partial charge in [0, 0.05) is 17.7 Å². The molecule has 0 saturated carbocycles. The van der Waals surface area contributed by atoms with Crippen molar-refractivity contribution in [2.24, 2.45) is 0 Å². The van der Waals surface area contributed by atoms with E-state index in [4.69, 9.17) is 4.42 Å². The molecule has 1 aromatic carbocycles. The van der Waals surface area contributed by atoms with Crippen LogP contribution in [0.1, 0.15) is 29.5 Å². The van der Waals surface area contributed by atoms with E-state index >= 15 is 0 Å².